The minimum absolute atomic E-state index is 0.105. The number of esters is 2. The Morgan fingerprint density at radius 3 is 2.23 bits per heavy atom. The first-order chi connectivity index (χ1) is 10.4. The zero-order valence-electron chi connectivity index (χ0n) is 10.8. The van der Waals surface area contributed by atoms with Gasteiger partial charge in [-0.1, -0.05) is 18.2 Å². The highest BCUT2D eigenvalue weighted by Gasteiger charge is 2.42. The summed E-state index contributed by atoms with van der Waals surface area (Å²) in [5, 5.41) is 0. The van der Waals surface area contributed by atoms with Crippen LogP contribution in [0.5, 0.6) is 11.5 Å². The van der Waals surface area contributed by atoms with Crippen molar-refractivity contribution < 1.29 is 32.2 Å². The standard InChI is InChI=1S/C15H7F3O4/c16-15(17,18)10-7-6-9-11(14(20)22-13(9)19)12(10)21-8-4-2-1-3-5-8/h1-7H. The Hall–Kier alpha value is -2.83. The minimum atomic E-state index is -4.74. The van der Waals surface area contributed by atoms with E-state index in [0.29, 0.717) is 6.07 Å². The van der Waals surface area contributed by atoms with Crippen LogP contribution in [0.3, 0.4) is 0 Å². The maximum atomic E-state index is 13.1. The summed E-state index contributed by atoms with van der Waals surface area (Å²) in [5.74, 6) is -2.77. The first-order valence-corrected chi connectivity index (χ1v) is 6.11. The average Bonchev–Trinajstić information content (AvgIpc) is 2.74. The molecule has 0 atom stereocenters. The summed E-state index contributed by atoms with van der Waals surface area (Å²) in [6.07, 6.45) is -4.74. The van der Waals surface area contributed by atoms with Crippen LogP contribution in [0.2, 0.25) is 0 Å². The number of hydrogen-bond acceptors (Lipinski definition) is 4. The number of para-hydroxylation sites is 1. The van der Waals surface area contributed by atoms with Crippen LogP contribution < -0.4 is 4.74 Å². The summed E-state index contributed by atoms with van der Waals surface area (Å²) < 4.78 is 49.0. The molecule has 22 heavy (non-hydrogen) atoms. The molecule has 2 aromatic carbocycles. The number of alkyl halides is 3. The first kappa shape index (κ1) is 14.1. The van der Waals surface area contributed by atoms with Gasteiger partial charge in [-0.15, -0.1) is 0 Å². The molecule has 0 aliphatic carbocycles. The van der Waals surface area contributed by atoms with E-state index in [1.165, 1.54) is 12.1 Å². The molecule has 0 amide bonds. The molecule has 0 saturated carbocycles. The molecule has 7 heteroatoms. The molecular formula is C15H7F3O4. The smallest absolute Gasteiger partial charge is 0.420 e. The second kappa shape index (κ2) is 4.87. The van der Waals surface area contributed by atoms with Crippen molar-refractivity contribution >= 4 is 11.9 Å². The molecule has 1 heterocycles. The monoisotopic (exact) mass is 308 g/mol. The van der Waals surface area contributed by atoms with E-state index < -0.39 is 35.0 Å². The van der Waals surface area contributed by atoms with Crippen LogP contribution >= 0.6 is 0 Å². The van der Waals surface area contributed by atoms with Crippen molar-refractivity contribution in [3.8, 4) is 11.5 Å². The number of fused-ring (bicyclic) bond motifs is 1. The number of carbonyl (C=O) groups is 2. The van der Waals surface area contributed by atoms with Crippen molar-refractivity contribution in [1.82, 2.24) is 0 Å². The highest BCUT2D eigenvalue weighted by atomic mass is 19.4. The lowest BCUT2D eigenvalue weighted by atomic mass is 10.0. The molecule has 3 rings (SSSR count). The van der Waals surface area contributed by atoms with E-state index in [-0.39, 0.29) is 11.3 Å². The van der Waals surface area contributed by atoms with Gasteiger partial charge in [-0.05, 0) is 24.3 Å². The second-order valence-electron chi connectivity index (χ2n) is 4.45. The summed E-state index contributed by atoms with van der Waals surface area (Å²) in [6.45, 7) is 0. The summed E-state index contributed by atoms with van der Waals surface area (Å²) in [6, 6.07) is 9.25. The molecule has 0 bridgehead atoms. The Morgan fingerprint density at radius 1 is 0.909 bits per heavy atom. The number of hydrogen-bond donors (Lipinski definition) is 0. The fraction of sp³-hybridized carbons (Fsp3) is 0.0667. The highest BCUT2D eigenvalue weighted by Crippen LogP contribution is 2.43. The van der Waals surface area contributed by atoms with Gasteiger partial charge in [0, 0.05) is 0 Å². The van der Waals surface area contributed by atoms with E-state index in [4.69, 9.17) is 4.74 Å². The zero-order valence-corrected chi connectivity index (χ0v) is 10.8. The molecule has 0 radical (unpaired) electrons. The fourth-order valence-corrected chi connectivity index (χ4v) is 2.08. The average molecular weight is 308 g/mol. The number of rotatable bonds is 2. The van der Waals surface area contributed by atoms with E-state index >= 15 is 0 Å². The predicted molar refractivity (Wildman–Crippen MR) is 67.7 cm³/mol. The Balaban J connectivity index is 2.21. The van der Waals surface area contributed by atoms with Crippen LogP contribution in [0, 0.1) is 0 Å². The zero-order chi connectivity index (χ0) is 15.9. The lowest BCUT2D eigenvalue weighted by Crippen LogP contribution is -2.10. The van der Waals surface area contributed by atoms with Gasteiger partial charge in [0.05, 0.1) is 11.1 Å². The molecule has 0 N–H and O–H groups in total. The lowest BCUT2D eigenvalue weighted by Gasteiger charge is -2.15. The summed E-state index contributed by atoms with van der Waals surface area (Å²) >= 11 is 0. The number of carbonyl (C=O) groups excluding carboxylic acids is 2. The predicted octanol–water partition coefficient (Wildman–Crippen LogP) is 3.81. The van der Waals surface area contributed by atoms with E-state index in [1.54, 1.807) is 18.2 Å². The number of benzene rings is 2. The summed E-state index contributed by atoms with van der Waals surface area (Å²) in [4.78, 5) is 23.1. The molecule has 2 aromatic rings. The van der Waals surface area contributed by atoms with Gasteiger partial charge in [0.15, 0.2) is 5.75 Å². The Labute approximate surface area is 122 Å². The van der Waals surface area contributed by atoms with Crippen LogP contribution in [-0.2, 0) is 10.9 Å². The van der Waals surface area contributed by atoms with Gasteiger partial charge in [-0.2, -0.15) is 13.2 Å². The Bertz CT molecular complexity index is 766. The summed E-state index contributed by atoms with van der Waals surface area (Å²) in [5.41, 5.74) is -1.91. The SMILES string of the molecule is O=C1OC(=O)c2c1ccc(C(F)(F)F)c2Oc1ccccc1. The Morgan fingerprint density at radius 2 is 1.59 bits per heavy atom. The van der Waals surface area contributed by atoms with E-state index in [1.807, 2.05) is 0 Å². The van der Waals surface area contributed by atoms with Gasteiger partial charge in [0.25, 0.3) is 0 Å². The molecular weight excluding hydrogens is 301 g/mol. The number of halogens is 3. The van der Waals surface area contributed by atoms with Gasteiger partial charge in [0.1, 0.15) is 11.3 Å². The first-order valence-electron chi connectivity index (χ1n) is 6.11. The molecule has 0 unspecified atom stereocenters. The quantitative estimate of drug-likeness (QED) is 0.625. The van der Waals surface area contributed by atoms with Crippen molar-refractivity contribution in [2.45, 2.75) is 6.18 Å². The maximum Gasteiger partial charge on any atom is 0.420 e. The summed E-state index contributed by atoms with van der Waals surface area (Å²) in [7, 11) is 0. The third-order valence-corrected chi connectivity index (χ3v) is 3.04. The number of cyclic esters (lactones) is 2. The van der Waals surface area contributed by atoms with Crippen molar-refractivity contribution in [3.05, 3.63) is 59.2 Å². The van der Waals surface area contributed by atoms with Crippen LogP contribution in [0.15, 0.2) is 42.5 Å². The third-order valence-electron chi connectivity index (χ3n) is 3.04. The molecule has 0 aromatic heterocycles. The van der Waals surface area contributed by atoms with Crippen LogP contribution in [0.1, 0.15) is 26.3 Å². The van der Waals surface area contributed by atoms with Crippen molar-refractivity contribution in [2.24, 2.45) is 0 Å². The van der Waals surface area contributed by atoms with E-state index in [0.717, 1.165) is 6.07 Å². The van der Waals surface area contributed by atoms with Crippen LogP contribution in [0.4, 0.5) is 13.2 Å². The Kier molecular flexibility index (Phi) is 3.13. The van der Waals surface area contributed by atoms with E-state index in [9.17, 15) is 22.8 Å². The third kappa shape index (κ3) is 2.30. The molecule has 4 nitrogen and oxygen atoms in total. The van der Waals surface area contributed by atoms with Gasteiger partial charge in [0.2, 0.25) is 0 Å². The minimum Gasteiger partial charge on any atom is -0.456 e. The van der Waals surface area contributed by atoms with Gasteiger partial charge in [-0.25, -0.2) is 9.59 Å². The fourth-order valence-electron chi connectivity index (χ4n) is 2.08. The molecule has 112 valence electrons. The molecule has 0 fully saturated rings. The molecule has 1 aliphatic heterocycles. The normalized spacial score (nSPS) is 13.8. The molecule has 0 saturated heterocycles. The second-order valence-corrected chi connectivity index (χ2v) is 4.45. The van der Waals surface area contributed by atoms with Crippen molar-refractivity contribution in [2.75, 3.05) is 0 Å². The largest absolute Gasteiger partial charge is 0.456 e. The van der Waals surface area contributed by atoms with Gasteiger partial charge < -0.3 is 9.47 Å². The van der Waals surface area contributed by atoms with Gasteiger partial charge >= 0.3 is 18.1 Å². The highest BCUT2D eigenvalue weighted by molar-refractivity contribution is 6.16. The van der Waals surface area contributed by atoms with Crippen LogP contribution in [0.25, 0.3) is 0 Å². The molecule has 1 aliphatic rings. The molecule has 0 spiro atoms. The van der Waals surface area contributed by atoms with Gasteiger partial charge in [-0.3, -0.25) is 0 Å². The maximum absolute atomic E-state index is 13.1. The lowest BCUT2D eigenvalue weighted by molar-refractivity contribution is -0.138. The van der Waals surface area contributed by atoms with Crippen molar-refractivity contribution in [1.29, 1.82) is 0 Å². The number of ether oxygens (including phenoxy) is 2. The topological polar surface area (TPSA) is 52.6 Å². The van der Waals surface area contributed by atoms with Crippen molar-refractivity contribution in [3.63, 3.8) is 0 Å². The van der Waals surface area contributed by atoms with Crippen LogP contribution in [-0.4, -0.2) is 11.9 Å². The van der Waals surface area contributed by atoms with E-state index in [2.05, 4.69) is 4.74 Å².